The predicted octanol–water partition coefficient (Wildman–Crippen LogP) is 3.42. The Kier molecular flexibility index (Phi) is 11.2. The van der Waals surface area contributed by atoms with Crippen molar-refractivity contribution in [3.63, 3.8) is 0 Å². The van der Waals surface area contributed by atoms with E-state index in [1.165, 1.54) is 12.1 Å². The quantitative estimate of drug-likeness (QED) is 0.354. The van der Waals surface area contributed by atoms with Gasteiger partial charge in [-0.2, -0.15) is 0 Å². The molecule has 0 aromatic heterocycles. The van der Waals surface area contributed by atoms with Crippen LogP contribution in [0.4, 0.5) is 4.79 Å². The Bertz CT molecular complexity index is 1010. The lowest BCUT2D eigenvalue weighted by molar-refractivity contribution is -0.131. The van der Waals surface area contributed by atoms with Crippen LogP contribution in [0.15, 0.2) is 18.2 Å². The summed E-state index contributed by atoms with van der Waals surface area (Å²) in [5, 5.41) is 7.97. The van der Waals surface area contributed by atoms with E-state index >= 15 is 0 Å². The molecule has 3 amide bonds. The summed E-state index contributed by atoms with van der Waals surface area (Å²) in [4.78, 5) is 63.0. The molecular weight excluding hydrogens is 525 g/mol. The lowest BCUT2D eigenvalue weighted by atomic mass is 9.95. The summed E-state index contributed by atoms with van der Waals surface area (Å²) < 4.78 is 10.4. The van der Waals surface area contributed by atoms with Crippen molar-refractivity contribution in [2.45, 2.75) is 71.1 Å². The smallest absolute Gasteiger partial charge is 0.408 e. The van der Waals surface area contributed by atoms with E-state index in [9.17, 15) is 24.0 Å². The number of alkyl carbamates (subject to hydrolysis) is 1. The molecule has 12 heteroatoms. The zero-order valence-corrected chi connectivity index (χ0v) is 22.8. The molecule has 1 saturated heterocycles. The molecule has 3 atom stereocenters. The zero-order valence-electron chi connectivity index (χ0n) is 21.3. The Morgan fingerprint density at radius 2 is 1.76 bits per heavy atom. The van der Waals surface area contributed by atoms with E-state index in [1.54, 1.807) is 26.8 Å². The third-order valence-electron chi connectivity index (χ3n) is 5.49. The van der Waals surface area contributed by atoms with Gasteiger partial charge in [-0.25, -0.2) is 9.59 Å². The van der Waals surface area contributed by atoms with Gasteiger partial charge in [0, 0.05) is 12.5 Å². The number of carbonyl (C=O) groups excluding carboxylic acids is 5. The normalized spacial score (nSPS) is 16.8. The number of carbonyl (C=O) groups is 5. The van der Waals surface area contributed by atoms with Crippen LogP contribution >= 0.6 is 23.2 Å². The number of ketones is 1. The molecule has 1 aromatic rings. The molecule has 2 rings (SSSR count). The van der Waals surface area contributed by atoms with Crippen LogP contribution in [0.25, 0.3) is 0 Å². The van der Waals surface area contributed by atoms with Gasteiger partial charge >= 0.3 is 12.1 Å². The molecule has 0 bridgehead atoms. The van der Waals surface area contributed by atoms with Crippen LogP contribution in [0.5, 0.6) is 0 Å². The van der Waals surface area contributed by atoms with Crippen molar-refractivity contribution < 1.29 is 33.4 Å². The highest BCUT2D eigenvalue weighted by molar-refractivity contribution is 6.39. The minimum Gasteiger partial charge on any atom is -0.454 e. The monoisotopic (exact) mass is 557 g/mol. The maximum Gasteiger partial charge on any atom is 0.408 e. The van der Waals surface area contributed by atoms with E-state index in [0.717, 1.165) is 0 Å². The second-order valence-electron chi connectivity index (χ2n) is 9.70. The summed E-state index contributed by atoms with van der Waals surface area (Å²) in [5.74, 6) is -2.89. The number of nitrogens with one attached hydrogen (secondary N) is 3. The number of halogens is 2. The standard InChI is InChI=1S/C25H33Cl2N3O7/c1-5-7-17(30-24(35)37-25(2,3)4)22(33)29-18(12-14-10-11-28-21(14)32)19(31)13-36-23(34)20-15(26)8-6-9-16(20)27/h6,8-9,14,17-18H,5,7,10-13H2,1-4H3,(H,28,32)(H,29,33)(H,30,35)/t14-,17-,18-/m0/s1. The van der Waals surface area contributed by atoms with Crippen LogP contribution < -0.4 is 16.0 Å². The number of esters is 1. The first-order valence-electron chi connectivity index (χ1n) is 12.0. The van der Waals surface area contributed by atoms with Crippen molar-refractivity contribution >= 4 is 52.9 Å². The molecule has 204 valence electrons. The lowest BCUT2D eigenvalue weighted by Crippen LogP contribution is -2.53. The van der Waals surface area contributed by atoms with Crippen molar-refractivity contribution in [2.24, 2.45) is 5.92 Å². The number of amides is 3. The average molecular weight is 558 g/mol. The molecule has 1 aliphatic rings. The first kappa shape index (κ1) is 30.4. The van der Waals surface area contributed by atoms with E-state index in [1.807, 2.05) is 6.92 Å². The number of Topliss-reactive ketones (excluding diaryl/α,β-unsaturated/α-hetero) is 1. The van der Waals surface area contributed by atoms with Gasteiger partial charge in [-0.15, -0.1) is 0 Å². The summed E-state index contributed by atoms with van der Waals surface area (Å²) >= 11 is 12.1. The van der Waals surface area contributed by atoms with Crippen LogP contribution in [-0.2, 0) is 23.9 Å². The first-order valence-corrected chi connectivity index (χ1v) is 12.8. The molecule has 37 heavy (non-hydrogen) atoms. The van der Waals surface area contributed by atoms with Gasteiger partial charge in [0.25, 0.3) is 0 Å². The van der Waals surface area contributed by atoms with Crippen LogP contribution in [0, 0.1) is 5.92 Å². The zero-order chi connectivity index (χ0) is 27.8. The molecular formula is C25H33Cl2N3O7. The molecule has 1 fully saturated rings. The third kappa shape index (κ3) is 9.51. The number of benzene rings is 1. The predicted molar refractivity (Wildman–Crippen MR) is 137 cm³/mol. The minimum absolute atomic E-state index is 0.00604. The van der Waals surface area contributed by atoms with E-state index < -0.39 is 54.0 Å². The number of ether oxygens (including phenoxy) is 2. The van der Waals surface area contributed by atoms with Gasteiger partial charge < -0.3 is 25.4 Å². The second-order valence-corrected chi connectivity index (χ2v) is 10.5. The van der Waals surface area contributed by atoms with Crippen LogP contribution in [-0.4, -0.2) is 60.5 Å². The van der Waals surface area contributed by atoms with Gasteiger partial charge in [0.2, 0.25) is 11.8 Å². The largest absolute Gasteiger partial charge is 0.454 e. The summed E-state index contributed by atoms with van der Waals surface area (Å²) in [5.41, 5.74) is -0.848. The van der Waals surface area contributed by atoms with E-state index in [0.29, 0.717) is 19.4 Å². The summed E-state index contributed by atoms with van der Waals surface area (Å²) in [6, 6.07) is 2.36. The SMILES string of the molecule is CCC[C@H](NC(=O)OC(C)(C)C)C(=O)N[C@@H](C[C@@H]1CCNC1=O)C(=O)COC(=O)c1c(Cl)cccc1Cl. The fraction of sp³-hybridized carbons (Fsp3) is 0.560. The Morgan fingerprint density at radius 3 is 2.30 bits per heavy atom. The topological polar surface area (TPSA) is 140 Å². The molecule has 0 unspecified atom stereocenters. The van der Waals surface area contributed by atoms with Crippen LogP contribution in [0.2, 0.25) is 10.0 Å². The molecule has 0 spiro atoms. The molecule has 0 saturated carbocycles. The van der Waals surface area contributed by atoms with E-state index in [-0.39, 0.29) is 34.4 Å². The third-order valence-corrected chi connectivity index (χ3v) is 6.12. The highest BCUT2D eigenvalue weighted by Gasteiger charge is 2.34. The molecule has 3 N–H and O–H groups in total. The van der Waals surface area contributed by atoms with Crippen molar-refractivity contribution in [2.75, 3.05) is 13.2 Å². The molecule has 10 nitrogen and oxygen atoms in total. The highest BCUT2D eigenvalue weighted by Crippen LogP contribution is 2.25. The summed E-state index contributed by atoms with van der Waals surface area (Å²) in [6.45, 7) is 6.69. The number of hydrogen-bond acceptors (Lipinski definition) is 7. The average Bonchev–Trinajstić information content (AvgIpc) is 3.19. The minimum atomic E-state index is -1.14. The van der Waals surface area contributed by atoms with Gasteiger partial charge in [-0.05, 0) is 52.2 Å². The number of rotatable bonds is 11. The fourth-order valence-corrected chi connectivity index (χ4v) is 4.26. The summed E-state index contributed by atoms with van der Waals surface area (Å²) in [7, 11) is 0. The first-order chi connectivity index (χ1) is 17.3. The van der Waals surface area contributed by atoms with Crippen LogP contribution in [0.3, 0.4) is 0 Å². The van der Waals surface area contributed by atoms with Crippen molar-refractivity contribution in [1.82, 2.24) is 16.0 Å². The molecule has 1 aliphatic heterocycles. The molecule has 1 aromatic carbocycles. The van der Waals surface area contributed by atoms with Gasteiger partial charge in [0.05, 0.1) is 21.7 Å². The van der Waals surface area contributed by atoms with Crippen LogP contribution in [0.1, 0.15) is 63.7 Å². The maximum atomic E-state index is 13.1. The molecule has 0 radical (unpaired) electrons. The maximum absolute atomic E-state index is 13.1. The van der Waals surface area contributed by atoms with Crippen molar-refractivity contribution in [1.29, 1.82) is 0 Å². The van der Waals surface area contributed by atoms with Crippen molar-refractivity contribution in [3.05, 3.63) is 33.8 Å². The van der Waals surface area contributed by atoms with Gasteiger partial charge in [0.15, 0.2) is 12.4 Å². The Labute approximate surface area is 226 Å². The molecule has 0 aliphatic carbocycles. The highest BCUT2D eigenvalue weighted by atomic mass is 35.5. The van der Waals surface area contributed by atoms with E-state index in [2.05, 4.69) is 16.0 Å². The van der Waals surface area contributed by atoms with Gasteiger partial charge in [0.1, 0.15) is 11.6 Å². The Hall–Kier alpha value is -2.85. The number of hydrogen-bond donors (Lipinski definition) is 3. The second kappa shape index (κ2) is 13.6. The fourth-order valence-electron chi connectivity index (χ4n) is 3.71. The lowest BCUT2D eigenvalue weighted by Gasteiger charge is -2.25. The van der Waals surface area contributed by atoms with Gasteiger partial charge in [-0.1, -0.05) is 42.6 Å². The summed E-state index contributed by atoms with van der Waals surface area (Å²) in [6.07, 6.45) is 0.572. The van der Waals surface area contributed by atoms with Gasteiger partial charge in [-0.3, -0.25) is 14.4 Å². The molecule has 1 heterocycles. The van der Waals surface area contributed by atoms with E-state index in [4.69, 9.17) is 32.7 Å². The Balaban J connectivity index is 2.13. The Morgan fingerprint density at radius 1 is 1.11 bits per heavy atom. The van der Waals surface area contributed by atoms with Crippen molar-refractivity contribution in [3.8, 4) is 0 Å².